The van der Waals surface area contributed by atoms with Gasteiger partial charge in [-0.25, -0.2) is 0 Å². The van der Waals surface area contributed by atoms with Crippen LogP contribution in [0.15, 0.2) is 11.6 Å². The number of hydrogen-bond donors (Lipinski definition) is 0. The third-order valence-corrected chi connectivity index (χ3v) is 2.88. The van der Waals surface area contributed by atoms with Crippen molar-refractivity contribution in [1.29, 1.82) is 0 Å². The molecule has 0 heteroatoms. The standard InChI is InChI=1S/C9H14/c1-7-5-6-8-3-2-4-9(7)8/h4,7-8H,2-3,5-6H2,1H3. The number of fused-ring (bicyclic) bond motifs is 1. The molecule has 2 aliphatic rings. The van der Waals surface area contributed by atoms with E-state index in [1.165, 1.54) is 25.7 Å². The molecule has 0 radical (unpaired) electrons. The van der Waals surface area contributed by atoms with Gasteiger partial charge in [-0.2, -0.15) is 0 Å². The average molecular weight is 122 g/mol. The van der Waals surface area contributed by atoms with Crippen molar-refractivity contribution in [3.8, 4) is 0 Å². The lowest BCUT2D eigenvalue weighted by Crippen LogP contribution is -1.91. The Bertz CT molecular complexity index is 144. The van der Waals surface area contributed by atoms with E-state index in [2.05, 4.69) is 13.0 Å². The van der Waals surface area contributed by atoms with Gasteiger partial charge in [-0.1, -0.05) is 18.6 Å². The molecule has 2 rings (SSSR count). The zero-order valence-corrected chi connectivity index (χ0v) is 6.06. The van der Waals surface area contributed by atoms with Crippen LogP contribution in [0.25, 0.3) is 0 Å². The van der Waals surface area contributed by atoms with Crippen molar-refractivity contribution >= 4 is 0 Å². The summed E-state index contributed by atoms with van der Waals surface area (Å²) in [5.41, 5.74) is 1.79. The second-order valence-corrected chi connectivity index (χ2v) is 3.46. The molecule has 0 amide bonds. The summed E-state index contributed by atoms with van der Waals surface area (Å²) >= 11 is 0. The minimum absolute atomic E-state index is 0.928. The molecule has 2 atom stereocenters. The SMILES string of the molecule is CC1CCC2CCC=C12. The van der Waals surface area contributed by atoms with Crippen molar-refractivity contribution < 1.29 is 0 Å². The van der Waals surface area contributed by atoms with Gasteiger partial charge in [0.1, 0.15) is 0 Å². The molecule has 0 nitrogen and oxygen atoms in total. The summed E-state index contributed by atoms with van der Waals surface area (Å²) in [7, 11) is 0. The molecule has 0 N–H and O–H groups in total. The van der Waals surface area contributed by atoms with Crippen LogP contribution in [-0.2, 0) is 0 Å². The van der Waals surface area contributed by atoms with Crippen LogP contribution in [0.1, 0.15) is 32.6 Å². The van der Waals surface area contributed by atoms with Gasteiger partial charge in [0.2, 0.25) is 0 Å². The minimum Gasteiger partial charge on any atom is -0.0848 e. The van der Waals surface area contributed by atoms with Gasteiger partial charge in [0, 0.05) is 0 Å². The predicted molar refractivity (Wildman–Crippen MR) is 39.2 cm³/mol. The summed E-state index contributed by atoms with van der Waals surface area (Å²) in [5, 5.41) is 0. The molecule has 9 heavy (non-hydrogen) atoms. The fourth-order valence-electron chi connectivity index (χ4n) is 2.32. The fraction of sp³-hybridized carbons (Fsp3) is 0.778. The highest BCUT2D eigenvalue weighted by Crippen LogP contribution is 2.42. The maximum absolute atomic E-state index is 2.47. The highest BCUT2D eigenvalue weighted by Gasteiger charge is 2.29. The van der Waals surface area contributed by atoms with Crippen LogP contribution in [0.4, 0.5) is 0 Å². The van der Waals surface area contributed by atoms with E-state index in [1.54, 1.807) is 5.57 Å². The Labute approximate surface area is 57.0 Å². The van der Waals surface area contributed by atoms with Crippen LogP contribution < -0.4 is 0 Å². The zero-order valence-electron chi connectivity index (χ0n) is 6.06. The summed E-state index contributed by atoms with van der Waals surface area (Å²) in [5.74, 6) is 1.94. The van der Waals surface area contributed by atoms with Crippen molar-refractivity contribution in [3.63, 3.8) is 0 Å². The Morgan fingerprint density at radius 3 is 3.00 bits per heavy atom. The van der Waals surface area contributed by atoms with Crippen molar-refractivity contribution in [2.75, 3.05) is 0 Å². The van der Waals surface area contributed by atoms with Crippen LogP contribution in [0.2, 0.25) is 0 Å². The van der Waals surface area contributed by atoms with Crippen molar-refractivity contribution in [2.24, 2.45) is 11.8 Å². The lowest BCUT2D eigenvalue weighted by Gasteiger charge is -2.03. The first-order valence-corrected chi connectivity index (χ1v) is 4.08. The summed E-state index contributed by atoms with van der Waals surface area (Å²) < 4.78 is 0. The Morgan fingerprint density at radius 1 is 1.33 bits per heavy atom. The van der Waals surface area contributed by atoms with E-state index in [4.69, 9.17) is 0 Å². The quantitative estimate of drug-likeness (QED) is 0.433. The number of hydrogen-bond acceptors (Lipinski definition) is 0. The van der Waals surface area contributed by atoms with Crippen LogP contribution >= 0.6 is 0 Å². The maximum atomic E-state index is 2.47. The Morgan fingerprint density at radius 2 is 2.22 bits per heavy atom. The molecule has 1 saturated carbocycles. The molecule has 0 aromatic rings. The largest absolute Gasteiger partial charge is 0.0848 e. The van der Waals surface area contributed by atoms with Crippen LogP contribution in [0, 0.1) is 11.8 Å². The number of rotatable bonds is 0. The lowest BCUT2D eigenvalue weighted by molar-refractivity contribution is 0.606. The Balaban J connectivity index is 2.22. The van der Waals surface area contributed by atoms with Gasteiger partial charge < -0.3 is 0 Å². The molecule has 0 aliphatic heterocycles. The summed E-state index contributed by atoms with van der Waals surface area (Å²) in [4.78, 5) is 0. The molecular formula is C9H14. The normalized spacial score (nSPS) is 40.8. The smallest absolute Gasteiger partial charge is 0.0197 e. The zero-order chi connectivity index (χ0) is 6.27. The van der Waals surface area contributed by atoms with E-state index in [0.717, 1.165) is 11.8 Å². The molecule has 0 saturated heterocycles. The van der Waals surface area contributed by atoms with E-state index < -0.39 is 0 Å². The van der Waals surface area contributed by atoms with E-state index >= 15 is 0 Å². The Kier molecular flexibility index (Phi) is 1.14. The van der Waals surface area contributed by atoms with Crippen molar-refractivity contribution in [2.45, 2.75) is 32.6 Å². The third-order valence-electron chi connectivity index (χ3n) is 2.88. The first-order valence-electron chi connectivity index (χ1n) is 4.08. The summed E-state index contributed by atoms with van der Waals surface area (Å²) in [6.45, 7) is 2.37. The first-order chi connectivity index (χ1) is 4.38. The highest BCUT2D eigenvalue weighted by atomic mass is 14.3. The Hall–Kier alpha value is -0.260. The van der Waals surface area contributed by atoms with E-state index in [0.29, 0.717) is 0 Å². The van der Waals surface area contributed by atoms with Gasteiger partial charge in [-0.05, 0) is 37.5 Å². The molecule has 2 aliphatic carbocycles. The van der Waals surface area contributed by atoms with Crippen molar-refractivity contribution in [1.82, 2.24) is 0 Å². The highest BCUT2D eigenvalue weighted by molar-refractivity contribution is 5.19. The van der Waals surface area contributed by atoms with E-state index in [1.807, 2.05) is 0 Å². The molecule has 0 aromatic heterocycles. The van der Waals surface area contributed by atoms with Crippen molar-refractivity contribution in [3.05, 3.63) is 11.6 Å². The van der Waals surface area contributed by atoms with Gasteiger partial charge in [0.25, 0.3) is 0 Å². The topological polar surface area (TPSA) is 0 Å². The first kappa shape index (κ1) is 5.52. The average Bonchev–Trinajstić information content (AvgIpc) is 2.35. The molecule has 1 fully saturated rings. The lowest BCUT2D eigenvalue weighted by atomic mass is 10.0. The van der Waals surface area contributed by atoms with Crippen LogP contribution in [-0.4, -0.2) is 0 Å². The molecular weight excluding hydrogens is 108 g/mol. The van der Waals surface area contributed by atoms with Gasteiger partial charge in [-0.3, -0.25) is 0 Å². The van der Waals surface area contributed by atoms with Gasteiger partial charge in [0.05, 0.1) is 0 Å². The van der Waals surface area contributed by atoms with Crippen LogP contribution in [0.3, 0.4) is 0 Å². The number of allylic oxidation sites excluding steroid dienone is 2. The summed E-state index contributed by atoms with van der Waals surface area (Å²) in [6, 6.07) is 0. The van der Waals surface area contributed by atoms with Gasteiger partial charge in [-0.15, -0.1) is 0 Å². The molecule has 0 heterocycles. The molecule has 2 unspecified atom stereocenters. The predicted octanol–water partition coefficient (Wildman–Crippen LogP) is 2.75. The van der Waals surface area contributed by atoms with E-state index in [-0.39, 0.29) is 0 Å². The third kappa shape index (κ3) is 0.726. The molecule has 50 valence electrons. The molecule has 0 spiro atoms. The fourth-order valence-corrected chi connectivity index (χ4v) is 2.32. The second-order valence-electron chi connectivity index (χ2n) is 3.46. The summed E-state index contributed by atoms with van der Waals surface area (Å²) in [6.07, 6.45) is 8.23. The maximum Gasteiger partial charge on any atom is -0.0197 e. The molecule has 0 bridgehead atoms. The van der Waals surface area contributed by atoms with Crippen LogP contribution in [0.5, 0.6) is 0 Å². The minimum atomic E-state index is 0.928. The monoisotopic (exact) mass is 122 g/mol. The van der Waals surface area contributed by atoms with Gasteiger partial charge >= 0.3 is 0 Å². The van der Waals surface area contributed by atoms with E-state index in [9.17, 15) is 0 Å². The second kappa shape index (κ2) is 1.86. The molecule has 0 aromatic carbocycles. The van der Waals surface area contributed by atoms with Gasteiger partial charge in [0.15, 0.2) is 0 Å².